The van der Waals surface area contributed by atoms with Crippen LogP contribution in [0.3, 0.4) is 0 Å². The number of primary amides is 1. The molecule has 0 spiro atoms. The van der Waals surface area contributed by atoms with Gasteiger partial charge in [0.25, 0.3) is 5.91 Å². The fraction of sp³-hybridized carbons (Fsp3) is 0.333. The molecule has 0 aromatic heterocycles. The molecule has 0 fully saturated rings. The third-order valence-corrected chi connectivity index (χ3v) is 2.71. The van der Waals surface area contributed by atoms with Crippen LogP contribution in [0.2, 0.25) is 0 Å². The summed E-state index contributed by atoms with van der Waals surface area (Å²) in [6, 6.07) is 5.33. The lowest BCUT2D eigenvalue weighted by Gasteiger charge is -2.06. The van der Waals surface area contributed by atoms with Gasteiger partial charge < -0.3 is 16.8 Å². The zero-order valence-electron chi connectivity index (χ0n) is 11.5. The van der Waals surface area contributed by atoms with Crippen molar-refractivity contribution in [3.8, 4) is 11.8 Å². The van der Waals surface area contributed by atoms with E-state index in [1.54, 1.807) is 12.1 Å². The molecule has 20 heavy (non-hydrogen) atoms. The van der Waals surface area contributed by atoms with Crippen molar-refractivity contribution in [2.24, 2.45) is 11.5 Å². The first-order valence-electron chi connectivity index (χ1n) is 6.40. The summed E-state index contributed by atoms with van der Waals surface area (Å²) in [7, 11) is 0. The Morgan fingerprint density at radius 2 is 2.10 bits per heavy atom. The molecule has 5 N–H and O–H groups in total. The summed E-state index contributed by atoms with van der Waals surface area (Å²) in [5, 5.41) is 2.74. The Balaban J connectivity index is 2.66. The summed E-state index contributed by atoms with van der Waals surface area (Å²) in [5.41, 5.74) is 12.7. The molecule has 0 aliphatic rings. The maximum atomic E-state index is 11.9. The lowest BCUT2D eigenvalue weighted by molar-refractivity contribution is -0.118. The van der Waals surface area contributed by atoms with E-state index in [0.717, 1.165) is 11.1 Å². The van der Waals surface area contributed by atoms with Crippen LogP contribution in [0.4, 0.5) is 0 Å². The third kappa shape index (κ3) is 5.12. The smallest absolute Gasteiger partial charge is 0.251 e. The van der Waals surface area contributed by atoms with Gasteiger partial charge in [0.15, 0.2) is 0 Å². The molecule has 2 amide bonds. The lowest BCUT2D eigenvalue weighted by Crippen LogP contribution is -2.25. The molecule has 0 heterocycles. The number of nitrogens with two attached hydrogens (primary N) is 2. The average molecular weight is 273 g/mol. The summed E-state index contributed by atoms with van der Waals surface area (Å²) < 4.78 is 0. The van der Waals surface area contributed by atoms with Gasteiger partial charge in [-0.25, -0.2) is 0 Å². The van der Waals surface area contributed by atoms with Crippen LogP contribution in [0.15, 0.2) is 18.2 Å². The van der Waals surface area contributed by atoms with Crippen LogP contribution in [0.25, 0.3) is 0 Å². The number of rotatable bonds is 5. The van der Waals surface area contributed by atoms with E-state index in [0.29, 0.717) is 18.5 Å². The molecule has 0 unspecified atom stereocenters. The molecule has 5 heteroatoms. The van der Waals surface area contributed by atoms with E-state index in [2.05, 4.69) is 17.2 Å². The highest BCUT2D eigenvalue weighted by Crippen LogP contribution is 2.10. The van der Waals surface area contributed by atoms with Gasteiger partial charge in [-0.2, -0.15) is 0 Å². The number of amides is 2. The maximum Gasteiger partial charge on any atom is 0.251 e. The van der Waals surface area contributed by atoms with Crippen molar-refractivity contribution >= 4 is 11.8 Å². The molecule has 0 saturated heterocycles. The quantitative estimate of drug-likeness (QED) is 0.531. The largest absolute Gasteiger partial charge is 0.370 e. The van der Waals surface area contributed by atoms with Crippen molar-refractivity contribution in [1.82, 2.24) is 5.32 Å². The second-order valence-corrected chi connectivity index (χ2v) is 4.36. The van der Waals surface area contributed by atoms with Crippen molar-refractivity contribution in [1.29, 1.82) is 0 Å². The van der Waals surface area contributed by atoms with Crippen LogP contribution in [-0.4, -0.2) is 24.9 Å². The zero-order valence-corrected chi connectivity index (χ0v) is 11.5. The predicted octanol–water partition coefficient (Wildman–Crippen LogP) is 0.301. The lowest BCUT2D eigenvalue weighted by atomic mass is 10.0. The van der Waals surface area contributed by atoms with Crippen molar-refractivity contribution in [2.75, 3.05) is 13.1 Å². The summed E-state index contributed by atoms with van der Waals surface area (Å²) in [6.45, 7) is 2.62. The zero-order chi connectivity index (χ0) is 15.0. The topological polar surface area (TPSA) is 98.2 Å². The van der Waals surface area contributed by atoms with Gasteiger partial charge in [-0.3, -0.25) is 9.59 Å². The second kappa shape index (κ2) is 7.97. The van der Waals surface area contributed by atoms with E-state index < -0.39 is 0 Å². The minimum absolute atomic E-state index is 0.190. The minimum Gasteiger partial charge on any atom is -0.370 e. The number of benzene rings is 1. The molecule has 0 aliphatic heterocycles. The van der Waals surface area contributed by atoms with Gasteiger partial charge >= 0.3 is 0 Å². The Morgan fingerprint density at radius 3 is 2.75 bits per heavy atom. The van der Waals surface area contributed by atoms with Crippen LogP contribution >= 0.6 is 0 Å². The summed E-state index contributed by atoms with van der Waals surface area (Å²) in [6.07, 6.45) is 0.800. The number of hydrogen-bond acceptors (Lipinski definition) is 3. The Hall–Kier alpha value is -2.32. The normalized spacial score (nSPS) is 9.50. The molecule has 1 rings (SSSR count). The van der Waals surface area contributed by atoms with Gasteiger partial charge in [-0.15, -0.1) is 0 Å². The summed E-state index contributed by atoms with van der Waals surface area (Å²) >= 11 is 0. The van der Waals surface area contributed by atoms with Crippen LogP contribution in [-0.2, 0) is 4.79 Å². The molecular formula is C15H19N3O2. The van der Waals surface area contributed by atoms with Crippen LogP contribution in [0.1, 0.15) is 34.3 Å². The van der Waals surface area contributed by atoms with E-state index in [1.807, 2.05) is 13.0 Å². The molecule has 0 saturated carbocycles. The van der Waals surface area contributed by atoms with Gasteiger partial charge in [0.1, 0.15) is 0 Å². The van der Waals surface area contributed by atoms with E-state index >= 15 is 0 Å². The third-order valence-electron chi connectivity index (χ3n) is 2.71. The number of carbonyl (C=O) groups is 2. The van der Waals surface area contributed by atoms with Gasteiger partial charge in [-0.05, 0) is 31.0 Å². The average Bonchev–Trinajstić information content (AvgIpc) is 2.42. The monoisotopic (exact) mass is 273 g/mol. The van der Waals surface area contributed by atoms with Gasteiger partial charge in [-0.1, -0.05) is 17.9 Å². The van der Waals surface area contributed by atoms with Gasteiger partial charge in [0.2, 0.25) is 5.91 Å². The Kier molecular flexibility index (Phi) is 6.27. The molecule has 0 bridgehead atoms. The minimum atomic E-state index is -0.367. The fourth-order valence-electron chi connectivity index (χ4n) is 1.61. The standard InChI is InChI=1S/C15H19N3O2/c1-11-6-7-13(10-12(11)4-2-8-16)15(20)18-9-3-5-14(17)19/h6-7,10H,3,5,8-9,16H2,1H3,(H2,17,19)(H,18,20). The highest BCUT2D eigenvalue weighted by molar-refractivity contribution is 5.94. The van der Waals surface area contributed by atoms with E-state index in [-0.39, 0.29) is 24.8 Å². The number of aryl methyl sites for hydroxylation is 1. The Morgan fingerprint density at radius 1 is 1.35 bits per heavy atom. The maximum absolute atomic E-state index is 11.9. The number of hydrogen-bond donors (Lipinski definition) is 3. The predicted molar refractivity (Wildman–Crippen MR) is 77.9 cm³/mol. The van der Waals surface area contributed by atoms with Crippen LogP contribution < -0.4 is 16.8 Å². The summed E-state index contributed by atoms with van der Waals surface area (Å²) in [4.78, 5) is 22.5. The first kappa shape index (κ1) is 15.7. The first-order valence-corrected chi connectivity index (χ1v) is 6.40. The molecular weight excluding hydrogens is 254 g/mol. The Bertz CT molecular complexity index is 556. The first-order chi connectivity index (χ1) is 9.54. The van der Waals surface area contributed by atoms with Gasteiger partial charge in [0, 0.05) is 24.1 Å². The van der Waals surface area contributed by atoms with Crippen LogP contribution in [0.5, 0.6) is 0 Å². The second-order valence-electron chi connectivity index (χ2n) is 4.36. The number of carbonyl (C=O) groups excluding carboxylic acids is 2. The molecule has 5 nitrogen and oxygen atoms in total. The molecule has 106 valence electrons. The highest BCUT2D eigenvalue weighted by Gasteiger charge is 2.07. The van der Waals surface area contributed by atoms with E-state index in [4.69, 9.17) is 11.5 Å². The van der Waals surface area contributed by atoms with E-state index in [9.17, 15) is 9.59 Å². The van der Waals surface area contributed by atoms with E-state index in [1.165, 1.54) is 0 Å². The van der Waals surface area contributed by atoms with Crippen molar-refractivity contribution in [2.45, 2.75) is 19.8 Å². The van der Waals surface area contributed by atoms with Crippen molar-refractivity contribution in [3.63, 3.8) is 0 Å². The molecule has 0 atom stereocenters. The SMILES string of the molecule is Cc1ccc(C(=O)NCCCC(N)=O)cc1C#CCN. The molecule has 1 aromatic rings. The summed E-state index contributed by atoms with van der Waals surface area (Å²) in [5.74, 6) is 5.15. The molecule has 0 radical (unpaired) electrons. The fourth-order valence-corrected chi connectivity index (χ4v) is 1.61. The van der Waals surface area contributed by atoms with Crippen LogP contribution in [0, 0.1) is 18.8 Å². The van der Waals surface area contributed by atoms with Gasteiger partial charge in [0.05, 0.1) is 6.54 Å². The Labute approximate surface area is 118 Å². The number of nitrogens with one attached hydrogen (secondary N) is 1. The molecule has 0 aliphatic carbocycles. The molecule has 1 aromatic carbocycles. The van der Waals surface area contributed by atoms with Crippen molar-refractivity contribution < 1.29 is 9.59 Å². The highest BCUT2D eigenvalue weighted by atomic mass is 16.2. The van der Waals surface area contributed by atoms with Crippen molar-refractivity contribution in [3.05, 3.63) is 34.9 Å².